The van der Waals surface area contributed by atoms with E-state index in [2.05, 4.69) is 85.3 Å². The zero-order valence-electron chi connectivity index (χ0n) is 21.6. The lowest BCUT2D eigenvalue weighted by Gasteiger charge is -2.29. The van der Waals surface area contributed by atoms with E-state index in [1.807, 2.05) is 6.20 Å². The minimum atomic E-state index is -0.208. The van der Waals surface area contributed by atoms with Crippen LogP contribution in [0, 0.1) is 0 Å². The number of nitrogens with one attached hydrogen (secondary N) is 3. The van der Waals surface area contributed by atoms with E-state index >= 15 is 0 Å². The topological polar surface area (TPSA) is 90.8 Å². The van der Waals surface area contributed by atoms with Gasteiger partial charge >= 0.3 is 0 Å². The molecule has 4 aromatic heterocycles. The third kappa shape index (κ3) is 4.87. The van der Waals surface area contributed by atoms with Crippen LogP contribution in [0.3, 0.4) is 0 Å². The van der Waals surface area contributed by atoms with Gasteiger partial charge in [0.15, 0.2) is 0 Å². The summed E-state index contributed by atoms with van der Waals surface area (Å²) in [5.41, 5.74) is 4.13. The molecule has 186 valence electrons. The van der Waals surface area contributed by atoms with Crippen LogP contribution in [0.15, 0.2) is 36.7 Å². The van der Waals surface area contributed by atoms with Crippen molar-refractivity contribution in [2.45, 2.75) is 77.3 Å². The maximum atomic E-state index is 9.25. The van der Waals surface area contributed by atoms with Gasteiger partial charge in [0.2, 0.25) is 0 Å². The van der Waals surface area contributed by atoms with Gasteiger partial charge < -0.3 is 25.3 Å². The van der Waals surface area contributed by atoms with Gasteiger partial charge in [-0.25, -0.2) is 9.97 Å². The van der Waals surface area contributed by atoms with Gasteiger partial charge in [-0.15, -0.1) is 0 Å². The lowest BCUT2D eigenvalue weighted by atomic mass is 9.84. The molecule has 1 aliphatic rings. The van der Waals surface area contributed by atoms with Crippen LogP contribution in [0.5, 0.6) is 0 Å². The van der Waals surface area contributed by atoms with Gasteiger partial charge in [-0.3, -0.25) is 0 Å². The van der Waals surface area contributed by atoms with Crippen molar-refractivity contribution in [3.05, 3.63) is 47.8 Å². The predicted molar refractivity (Wildman–Crippen MR) is 144 cm³/mol. The van der Waals surface area contributed by atoms with E-state index in [-0.39, 0.29) is 17.4 Å². The van der Waals surface area contributed by atoms with Crippen LogP contribution in [-0.2, 0) is 17.4 Å². The molecule has 0 bridgehead atoms. The fraction of sp³-hybridized carbons (Fsp3) is 0.500. The molecule has 5 rings (SSSR count). The first-order chi connectivity index (χ1) is 16.7. The van der Waals surface area contributed by atoms with E-state index in [0.717, 1.165) is 40.4 Å². The Morgan fingerprint density at radius 3 is 2.51 bits per heavy atom. The second kappa shape index (κ2) is 8.86. The van der Waals surface area contributed by atoms with Gasteiger partial charge in [0.25, 0.3) is 0 Å². The zero-order valence-corrected chi connectivity index (χ0v) is 21.6. The first-order valence-corrected chi connectivity index (χ1v) is 12.8. The average Bonchev–Trinajstić information content (AvgIpc) is 3.34. The van der Waals surface area contributed by atoms with Crippen molar-refractivity contribution in [1.82, 2.24) is 19.5 Å². The summed E-state index contributed by atoms with van der Waals surface area (Å²) < 4.78 is 2.28. The van der Waals surface area contributed by atoms with E-state index < -0.39 is 0 Å². The van der Waals surface area contributed by atoms with E-state index in [1.54, 1.807) is 0 Å². The molecule has 4 N–H and O–H groups in total. The zero-order chi connectivity index (χ0) is 24.8. The largest absolute Gasteiger partial charge is 0.396 e. The number of pyridine rings is 2. The summed E-state index contributed by atoms with van der Waals surface area (Å²) in [5, 5.41) is 18.7. The molecule has 0 radical (unpaired) electrons. The number of aromatic nitrogens is 4. The van der Waals surface area contributed by atoms with E-state index in [1.165, 1.54) is 23.8 Å². The maximum Gasteiger partial charge on any atom is 0.142 e. The standard InChI is InChI=1S/C28H38N6O/c1-27(2,3)21-16-19-10-13-34(26(19)33-25(21)31-20-7-8-20)17-28(4,5)22-15-18-9-12-30-23(18)32-24(22)29-11-6-14-35/h9-10,12-13,15-16,20,35H,6-8,11,14,17H2,1-5H3,(H,31,33)(H2,29,30,32). The molecule has 0 spiro atoms. The van der Waals surface area contributed by atoms with Gasteiger partial charge in [-0.1, -0.05) is 34.6 Å². The summed E-state index contributed by atoms with van der Waals surface area (Å²) in [7, 11) is 0. The monoisotopic (exact) mass is 474 g/mol. The molecular weight excluding hydrogens is 436 g/mol. The van der Waals surface area contributed by atoms with Crippen LogP contribution in [0.1, 0.15) is 65.0 Å². The Kier molecular flexibility index (Phi) is 5.99. The van der Waals surface area contributed by atoms with Gasteiger partial charge in [-0.05, 0) is 48.9 Å². The smallest absolute Gasteiger partial charge is 0.142 e. The van der Waals surface area contributed by atoms with Crippen LogP contribution >= 0.6 is 0 Å². The summed E-state index contributed by atoms with van der Waals surface area (Å²) >= 11 is 0. The lowest BCUT2D eigenvalue weighted by molar-refractivity contribution is 0.292. The van der Waals surface area contributed by atoms with Crippen LogP contribution in [0.2, 0.25) is 0 Å². The molecule has 1 saturated carbocycles. The Hall–Kier alpha value is -3.06. The molecule has 1 aliphatic carbocycles. The van der Waals surface area contributed by atoms with Crippen molar-refractivity contribution in [2.24, 2.45) is 0 Å². The highest BCUT2D eigenvalue weighted by atomic mass is 16.3. The number of hydrogen-bond donors (Lipinski definition) is 4. The SMILES string of the molecule is CC(C)(C)c1cc2ccn(CC(C)(C)c3cc4cc[nH]c4nc3NCCCO)c2nc1NC1CC1. The highest BCUT2D eigenvalue weighted by Gasteiger charge is 2.29. The first-order valence-electron chi connectivity index (χ1n) is 12.8. The number of rotatable bonds is 9. The average molecular weight is 475 g/mol. The minimum Gasteiger partial charge on any atom is -0.396 e. The Labute approximate surface area is 207 Å². The number of nitrogens with zero attached hydrogens (tertiary/aromatic N) is 3. The van der Waals surface area contributed by atoms with Gasteiger partial charge in [-0.2, -0.15) is 0 Å². The van der Waals surface area contributed by atoms with E-state index in [0.29, 0.717) is 19.0 Å². The number of anilines is 2. The van der Waals surface area contributed by atoms with Crippen molar-refractivity contribution in [2.75, 3.05) is 23.8 Å². The molecule has 4 heterocycles. The number of fused-ring (bicyclic) bond motifs is 2. The van der Waals surface area contributed by atoms with Crippen molar-refractivity contribution in [3.63, 3.8) is 0 Å². The highest BCUT2D eigenvalue weighted by molar-refractivity contribution is 5.81. The summed E-state index contributed by atoms with van der Waals surface area (Å²) in [4.78, 5) is 13.3. The number of hydrogen-bond acceptors (Lipinski definition) is 5. The van der Waals surface area contributed by atoms with Gasteiger partial charge in [0, 0.05) is 65.4 Å². The van der Waals surface area contributed by atoms with Crippen LogP contribution < -0.4 is 10.6 Å². The Morgan fingerprint density at radius 1 is 1.03 bits per heavy atom. The molecule has 0 aromatic carbocycles. The second-order valence-corrected chi connectivity index (χ2v) is 11.6. The lowest BCUT2D eigenvalue weighted by Crippen LogP contribution is -2.26. The molecular formula is C28H38N6O. The van der Waals surface area contributed by atoms with Crippen molar-refractivity contribution in [3.8, 4) is 0 Å². The molecule has 7 nitrogen and oxygen atoms in total. The number of H-pyrrole nitrogens is 1. The molecule has 0 aliphatic heterocycles. The molecule has 7 heteroatoms. The molecule has 35 heavy (non-hydrogen) atoms. The van der Waals surface area contributed by atoms with Crippen molar-refractivity contribution < 1.29 is 5.11 Å². The molecule has 0 atom stereocenters. The molecule has 0 saturated heterocycles. The third-order valence-electron chi connectivity index (χ3n) is 6.92. The van der Waals surface area contributed by atoms with E-state index in [9.17, 15) is 5.11 Å². The third-order valence-corrected chi connectivity index (χ3v) is 6.92. The maximum absolute atomic E-state index is 9.25. The van der Waals surface area contributed by atoms with Crippen LogP contribution in [0.4, 0.5) is 11.6 Å². The molecule has 1 fully saturated rings. The Balaban J connectivity index is 1.52. The quantitative estimate of drug-likeness (QED) is 0.239. The molecule has 0 amide bonds. The summed E-state index contributed by atoms with van der Waals surface area (Å²) in [6, 6.07) is 9.34. The fourth-order valence-electron chi connectivity index (χ4n) is 4.77. The van der Waals surface area contributed by atoms with Gasteiger partial charge in [0.1, 0.15) is 22.9 Å². The normalized spacial score (nSPS) is 14.7. The summed E-state index contributed by atoms with van der Waals surface area (Å²) in [5.74, 6) is 1.89. The summed E-state index contributed by atoms with van der Waals surface area (Å²) in [6.45, 7) is 12.9. The van der Waals surface area contributed by atoms with Crippen molar-refractivity contribution >= 4 is 33.7 Å². The first kappa shape index (κ1) is 23.7. The Morgan fingerprint density at radius 2 is 1.80 bits per heavy atom. The van der Waals surface area contributed by atoms with Crippen molar-refractivity contribution in [1.29, 1.82) is 0 Å². The van der Waals surface area contributed by atoms with Crippen LogP contribution in [0.25, 0.3) is 22.1 Å². The van der Waals surface area contributed by atoms with E-state index in [4.69, 9.17) is 9.97 Å². The summed E-state index contributed by atoms with van der Waals surface area (Å²) in [6.07, 6.45) is 7.21. The highest BCUT2D eigenvalue weighted by Crippen LogP contribution is 2.37. The van der Waals surface area contributed by atoms with Crippen LogP contribution in [-0.4, -0.2) is 43.8 Å². The number of aliphatic hydroxyl groups excluding tert-OH is 1. The second-order valence-electron chi connectivity index (χ2n) is 11.6. The van der Waals surface area contributed by atoms with Gasteiger partial charge in [0.05, 0.1) is 0 Å². The predicted octanol–water partition coefficient (Wildman–Crippen LogP) is 5.56. The fourth-order valence-corrected chi connectivity index (χ4v) is 4.77. The minimum absolute atomic E-state index is 0.0204. The number of aromatic amines is 1. The Bertz CT molecular complexity index is 1340. The number of aliphatic hydroxyl groups is 1. The molecule has 0 unspecified atom stereocenters. The molecule has 4 aromatic rings.